The molecule has 2 aromatic heterocycles. The molecule has 0 amide bonds. The van der Waals surface area contributed by atoms with Gasteiger partial charge in [-0.1, -0.05) is 47.1 Å². The standard InChI is InChI=1S/C19H13ClN2O2S/c20-14-6-8-15(9-7-14)23-11-19-21-17(12-25-19)18-10-16(22-24-18)13-4-2-1-3-5-13/h1-10,12H,11H2. The molecule has 0 spiro atoms. The number of halogens is 1. The number of thiazole rings is 1. The zero-order valence-electron chi connectivity index (χ0n) is 13.1. The Balaban J connectivity index is 1.46. The van der Waals surface area contributed by atoms with Gasteiger partial charge < -0.3 is 9.26 Å². The average molecular weight is 369 g/mol. The zero-order valence-corrected chi connectivity index (χ0v) is 14.6. The summed E-state index contributed by atoms with van der Waals surface area (Å²) in [6.07, 6.45) is 0. The van der Waals surface area contributed by atoms with Crippen molar-refractivity contribution in [3.05, 3.63) is 76.1 Å². The Morgan fingerprint density at radius 1 is 1.00 bits per heavy atom. The lowest BCUT2D eigenvalue weighted by Crippen LogP contribution is -1.94. The Labute approximate surface area is 153 Å². The van der Waals surface area contributed by atoms with Crippen molar-refractivity contribution in [1.29, 1.82) is 0 Å². The van der Waals surface area contributed by atoms with Crippen LogP contribution in [-0.2, 0) is 6.61 Å². The second-order valence-electron chi connectivity index (χ2n) is 5.31. The van der Waals surface area contributed by atoms with E-state index in [1.165, 1.54) is 11.3 Å². The van der Waals surface area contributed by atoms with Crippen molar-refractivity contribution in [2.24, 2.45) is 0 Å². The van der Waals surface area contributed by atoms with Crippen molar-refractivity contribution in [1.82, 2.24) is 10.1 Å². The van der Waals surface area contributed by atoms with Crippen LogP contribution in [0.3, 0.4) is 0 Å². The lowest BCUT2D eigenvalue weighted by molar-refractivity contribution is 0.305. The molecule has 0 atom stereocenters. The van der Waals surface area contributed by atoms with Crippen LogP contribution in [0.15, 0.2) is 70.6 Å². The van der Waals surface area contributed by atoms with E-state index in [-0.39, 0.29) is 0 Å². The first kappa shape index (κ1) is 15.9. The summed E-state index contributed by atoms with van der Waals surface area (Å²) in [6, 6.07) is 19.1. The van der Waals surface area contributed by atoms with Gasteiger partial charge in [-0.05, 0) is 24.3 Å². The van der Waals surface area contributed by atoms with Gasteiger partial charge in [-0.2, -0.15) is 0 Å². The predicted octanol–water partition coefficient (Wildman–Crippen LogP) is 5.70. The highest BCUT2D eigenvalue weighted by atomic mass is 35.5. The Kier molecular flexibility index (Phi) is 4.50. The van der Waals surface area contributed by atoms with Crippen LogP contribution in [0.5, 0.6) is 5.75 Å². The molecule has 2 heterocycles. The lowest BCUT2D eigenvalue weighted by atomic mass is 10.1. The highest BCUT2D eigenvalue weighted by Crippen LogP contribution is 2.27. The third kappa shape index (κ3) is 3.73. The van der Waals surface area contributed by atoms with E-state index in [0.29, 0.717) is 17.4 Å². The first-order chi connectivity index (χ1) is 12.3. The zero-order chi connectivity index (χ0) is 17.1. The van der Waals surface area contributed by atoms with Crippen LogP contribution in [0.25, 0.3) is 22.7 Å². The molecule has 0 aliphatic heterocycles. The van der Waals surface area contributed by atoms with Gasteiger partial charge in [-0.3, -0.25) is 0 Å². The van der Waals surface area contributed by atoms with E-state index in [1.54, 1.807) is 12.1 Å². The number of ether oxygens (including phenoxy) is 1. The highest BCUT2D eigenvalue weighted by Gasteiger charge is 2.12. The number of benzene rings is 2. The van der Waals surface area contributed by atoms with Gasteiger partial charge in [0.2, 0.25) is 0 Å². The van der Waals surface area contributed by atoms with E-state index in [1.807, 2.05) is 53.9 Å². The number of nitrogens with zero attached hydrogens (tertiary/aromatic N) is 2. The SMILES string of the molecule is Clc1ccc(OCc2nc(-c3cc(-c4ccccc4)no3)cs2)cc1. The molecule has 0 aliphatic carbocycles. The lowest BCUT2D eigenvalue weighted by Gasteiger charge is -2.03. The Bertz CT molecular complexity index is 965. The molecule has 0 bridgehead atoms. The molecule has 0 aliphatic rings. The van der Waals surface area contributed by atoms with Crippen molar-refractivity contribution < 1.29 is 9.26 Å². The van der Waals surface area contributed by atoms with Crippen molar-refractivity contribution in [2.45, 2.75) is 6.61 Å². The molecule has 0 unspecified atom stereocenters. The van der Waals surface area contributed by atoms with E-state index < -0.39 is 0 Å². The van der Waals surface area contributed by atoms with Crippen LogP contribution in [0.1, 0.15) is 5.01 Å². The average Bonchev–Trinajstić information content (AvgIpc) is 3.31. The highest BCUT2D eigenvalue weighted by molar-refractivity contribution is 7.09. The van der Waals surface area contributed by atoms with Crippen LogP contribution < -0.4 is 4.74 Å². The van der Waals surface area contributed by atoms with Crippen LogP contribution >= 0.6 is 22.9 Å². The maximum absolute atomic E-state index is 5.86. The minimum Gasteiger partial charge on any atom is -0.486 e. The maximum atomic E-state index is 5.86. The summed E-state index contributed by atoms with van der Waals surface area (Å²) in [7, 11) is 0. The molecule has 4 rings (SSSR count). The number of hydrogen-bond acceptors (Lipinski definition) is 5. The fraction of sp³-hybridized carbons (Fsp3) is 0.0526. The first-order valence-electron chi connectivity index (χ1n) is 7.63. The predicted molar refractivity (Wildman–Crippen MR) is 98.8 cm³/mol. The van der Waals surface area contributed by atoms with Gasteiger partial charge in [-0.25, -0.2) is 4.98 Å². The molecule has 0 N–H and O–H groups in total. The third-order valence-corrected chi connectivity index (χ3v) is 4.63. The first-order valence-corrected chi connectivity index (χ1v) is 8.89. The molecule has 124 valence electrons. The van der Waals surface area contributed by atoms with Gasteiger partial charge in [0.25, 0.3) is 0 Å². The maximum Gasteiger partial charge on any atom is 0.186 e. The van der Waals surface area contributed by atoms with Gasteiger partial charge in [0.15, 0.2) is 5.76 Å². The fourth-order valence-corrected chi connectivity index (χ4v) is 3.13. The number of rotatable bonds is 5. The van der Waals surface area contributed by atoms with Crippen molar-refractivity contribution in [2.75, 3.05) is 0 Å². The second kappa shape index (κ2) is 7.09. The van der Waals surface area contributed by atoms with Crippen LogP contribution in [0.2, 0.25) is 5.02 Å². The smallest absolute Gasteiger partial charge is 0.186 e. The van der Waals surface area contributed by atoms with Gasteiger partial charge in [0.1, 0.15) is 28.8 Å². The number of aromatic nitrogens is 2. The summed E-state index contributed by atoms with van der Waals surface area (Å²) < 4.78 is 11.1. The topological polar surface area (TPSA) is 48.2 Å². The molecule has 4 nitrogen and oxygen atoms in total. The monoisotopic (exact) mass is 368 g/mol. The van der Waals surface area contributed by atoms with E-state index in [0.717, 1.165) is 27.7 Å². The molecule has 6 heteroatoms. The van der Waals surface area contributed by atoms with E-state index in [4.69, 9.17) is 20.9 Å². The Hall–Kier alpha value is -2.63. The van der Waals surface area contributed by atoms with E-state index in [9.17, 15) is 0 Å². The minimum absolute atomic E-state index is 0.395. The molecule has 25 heavy (non-hydrogen) atoms. The number of hydrogen-bond donors (Lipinski definition) is 0. The van der Waals surface area contributed by atoms with Crippen molar-refractivity contribution >= 4 is 22.9 Å². The Morgan fingerprint density at radius 2 is 1.80 bits per heavy atom. The normalized spacial score (nSPS) is 10.8. The second-order valence-corrected chi connectivity index (χ2v) is 6.69. The van der Waals surface area contributed by atoms with Gasteiger partial charge >= 0.3 is 0 Å². The summed E-state index contributed by atoms with van der Waals surface area (Å²) in [4.78, 5) is 4.55. The Morgan fingerprint density at radius 3 is 2.60 bits per heavy atom. The molecule has 0 saturated carbocycles. The quantitative estimate of drug-likeness (QED) is 0.453. The third-order valence-electron chi connectivity index (χ3n) is 3.56. The summed E-state index contributed by atoms with van der Waals surface area (Å²) in [5.74, 6) is 1.40. The van der Waals surface area contributed by atoms with Crippen LogP contribution in [-0.4, -0.2) is 10.1 Å². The molecule has 0 radical (unpaired) electrons. The molecule has 2 aromatic carbocycles. The molecule has 0 fully saturated rings. The summed E-state index contributed by atoms with van der Waals surface area (Å²) >= 11 is 7.39. The van der Waals surface area contributed by atoms with Crippen LogP contribution in [0, 0.1) is 0 Å². The van der Waals surface area contributed by atoms with E-state index in [2.05, 4.69) is 10.1 Å². The van der Waals surface area contributed by atoms with Gasteiger partial charge in [0.05, 0.1) is 0 Å². The van der Waals surface area contributed by atoms with Crippen LogP contribution in [0.4, 0.5) is 0 Å². The summed E-state index contributed by atoms with van der Waals surface area (Å²) in [6.45, 7) is 0.395. The molecule has 0 saturated heterocycles. The molecular formula is C19H13ClN2O2S. The fourth-order valence-electron chi connectivity index (χ4n) is 2.31. The van der Waals surface area contributed by atoms with Crippen molar-refractivity contribution in [3.8, 4) is 28.5 Å². The molecule has 4 aromatic rings. The summed E-state index contributed by atoms with van der Waals surface area (Å²) in [5, 5.41) is 7.61. The summed E-state index contributed by atoms with van der Waals surface area (Å²) in [5.41, 5.74) is 2.57. The van der Waals surface area contributed by atoms with Gasteiger partial charge in [0, 0.05) is 22.0 Å². The minimum atomic E-state index is 0.395. The van der Waals surface area contributed by atoms with E-state index >= 15 is 0 Å². The molecular weight excluding hydrogens is 356 g/mol. The van der Waals surface area contributed by atoms with Gasteiger partial charge in [-0.15, -0.1) is 11.3 Å². The van der Waals surface area contributed by atoms with Crippen molar-refractivity contribution in [3.63, 3.8) is 0 Å². The largest absolute Gasteiger partial charge is 0.486 e.